The fourth-order valence-electron chi connectivity index (χ4n) is 3.24. The minimum atomic E-state index is -0.301. The van der Waals surface area contributed by atoms with Crippen molar-refractivity contribution in [1.82, 2.24) is 15.8 Å². The molecular formula is C20H21N3O3. The van der Waals surface area contributed by atoms with Crippen LogP contribution in [-0.2, 0) is 17.9 Å². The summed E-state index contributed by atoms with van der Waals surface area (Å²) in [4.78, 5) is 14.9. The number of nitrogens with one attached hydrogen (secondary N) is 2. The number of rotatable bonds is 6. The molecule has 1 aromatic carbocycles. The fraction of sp³-hybridized carbons (Fsp3) is 0.250. The molecule has 1 saturated heterocycles. The molecule has 6 heteroatoms. The normalized spacial score (nSPS) is 19.5. The average Bonchev–Trinajstić information content (AvgIpc) is 3.44. The van der Waals surface area contributed by atoms with Crippen LogP contribution in [-0.4, -0.2) is 16.8 Å². The molecule has 1 amide bonds. The summed E-state index contributed by atoms with van der Waals surface area (Å²) >= 11 is 0. The van der Waals surface area contributed by atoms with Crippen LogP contribution in [0.4, 0.5) is 0 Å². The van der Waals surface area contributed by atoms with E-state index >= 15 is 0 Å². The molecule has 0 bridgehead atoms. The van der Waals surface area contributed by atoms with Crippen molar-refractivity contribution >= 4 is 5.91 Å². The van der Waals surface area contributed by atoms with Gasteiger partial charge in [0.05, 0.1) is 25.6 Å². The van der Waals surface area contributed by atoms with E-state index in [1.165, 1.54) is 5.56 Å². The van der Waals surface area contributed by atoms with Gasteiger partial charge in [0, 0.05) is 6.04 Å². The van der Waals surface area contributed by atoms with Crippen LogP contribution in [0.15, 0.2) is 76.0 Å². The van der Waals surface area contributed by atoms with Gasteiger partial charge in [0.2, 0.25) is 5.91 Å². The highest BCUT2D eigenvalue weighted by molar-refractivity contribution is 5.82. The molecule has 2 atom stereocenters. The van der Waals surface area contributed by atoms with Crippen molar-refractivity contribution in [2.24, 2.45) is 0 Å². The molecule has 1 aliphatic rings. The average molecular weight is 351 g/mol. The van der Waals surface area contributed by atoms with Crippen LogP contribution in [0, 0.1) is 0 Å². The maximum Gasteiger partial charge on any atom is 0.241 e. The topological polar surface area (TPSA) is 70.7 Å². The van der Waals surface area contributed by atoms with E-state index in [1.54, 1.807) is 17.4 Å². The van der Waals surface area contributed by atoms with Crippen molar-refractivity contribution in [3.8, 4) is 0 Å². The molecule has 6 nitrogen and oxygen atoms in total. The van der Waals surface area contributed by atoms with E-state index in [4.69, 9.17) is 8.83 Å². The van der Waals surface area contributed by atoms with Gasteiger partial charge in [0.15, 0.2) is 0 Å². The summed E-state index contributed by atoms with van der Waals surface area (Å²) in [5.74, 6) is 1.51. The smallest absolute Gasteiger partial charge is 0.241 e. The minimum Gasteiger partial charge on any atom is -0.467 e. The predicted octanol–water partition coefficient (Wildman–Crippen LogP) is 3.01. The Kier molecular flexibility index (Phi) is 4.86. The minimum absolute atomic E-state index is 0.0173. The third-order valence-electron chi connectivity index (χ3n) is 4.57. The number of hydrogen-bond acceptors (Lipinski definition) is 5. The van der Waals surface area contributed by atoms with Gasteiger partial charge in [0.25, 0.3) is 0 Å². The molecule has 4 rings (SSSR count). The van der Waals surface area contributed by atoms with E-state index in [-0.39, 0.29) is 18.0 Å². The Bertz CT molecular complexity index is 779. The van der Waals surface area contributed by atoms with Gasteiger partial charge in [0.1, 0.15) is 17.6 Å². The summed E-state index contributed by atoms with van der Waals surface area (Å²) < 4.78 is 10.9. The second-order valence-corrected chi connectivity index (χ2v) is 6.39. The van der Waals surface area contributed by atoms with Crippen molar-refractivity contribution in [3.05, 3.63) is 84.2 Å². The fourth-order valence-corrected chi connectivity index (χ4v) is 3.24. The van der Waals surface area contributed by atoms with Gasteiger partial charge in [-0.2, -0.15) is 0 Å². The van der Waals surface area contributed by atoms with Gasteiger partial charge in [-0.15, -0.1) is 0 Å². The second-order valence-electron chi connectivity index (χ2n) is 6.39. The molecule has 0 saturated carbocycles. The molecule has 1 fully saturated rings. The van der Waals surface area contributed by atoms with Crippen molar-refractivity contribution < 1.29 is 13.6 Å². The van der Waals surface area contributed by atoms with Crippen LogP contribution in [0.5, 0.6) is 0 Å². The summed E-state index contributed by atoms with van der Waals surface area (Å²) in [6.07, 6.45) is 3.92. The number of carbonyl (C=O) groups is 1. The summed E-state index contributed by atoms with van der Waals surface area (Å²) in [6.45, 7) is 0.807. The van der Waals surface area contributed by atoms with Gasteiger partial charge in [-0.25, -0.2) is 10.9 Å². The van der Waals surface area contributed by atoms with Crippen LogP contribution in [0.1, 0.15) is 29.5 Å². The van der Waals surface area contributed by atoms with Crippen LogP contribution < -0.4 is 10.9 Å². The summed E-state index contributed by atoms with van der Waals surface area (Å²) in [6, 6.07) is 17.3. The molecule has 3 heterocycles. The summed E-state index contributed by atoms with van der Waals surface area (Å²) in [5, 5.41) is 0. The molecule has 3 aromatic rings. The van der Waals surface area contributed by atoms with E-state index in [1.807, 2.05) is 42.5 Å². The van der Waals surface area contributed by atoms with E-state index in [0.717, 1.165) is 11.5 Å². The first-order chi connectivity index (χ1) is 12.8. The van der Waals surface area contributed by atoms with E-state index in [9.17, 15) is 4.79 Å². The van der Waals surface area contributed by atoms with Gasteiger partial charge in [-0.3, -0.25) is 4.79 Å². The Balaban J connectivity index is 1.47. The molecule has 2 unspecified atom stereocenters. The van der Waals surface area contributed by atoms with Crippen LogP contribution >= 0.6 is 0 Å². The van der Waals surface area contributed by atoms with Crippen LogP contribution in [0.2, 0.25) is 0 Å². The first kappa shape index (κ1) is 16.6. The standard InChI is InChI=1S/C20H21N3O3/c24-20(19-12-18(21-22-19)15-6-2-1-3-7-15)23(13-16-8-4-10-25-16)14-17-9-5-11-26-17/h1-11,18-19,21-22H,12-14H2. The first-order valence-corrected chi connectivity index (χ1v) is 8.69. The molecule has 26 heavy (non-hydrogen) atoms. The van der Waals surface area contributed by atoms with Gasteiger partial charge in [-0.05, 0) is 36.2 Å². The number of amides is 1. The zero-order valence-electron chi connectivity index (χ0n) is 14.3. The molecule has 0 spiro atoms. The number of hydrazine groups is 1. The highest BCUT2D eigenvalue weighted by Gasteiger charge is 2.33. The lowest BCUT2D eigenvalue weighted by atomic mass is 10.0. The number of benzene rings is 1. The second kappa shape index (κ2) is 7.59. The molecular weight excluding hydrogens is 330 g/mol. The van der Waals surface area contributed by atoms with Crippen molar-refractivity contribution in [1.29, 1.82) is 0 Å². The first-order valence-electron chi connectivity index (χ1n) is 8.69. The van der Waals surface area contributed by atoms with Crippen molar-refractivity contribution in [2.75, 3.05) is 0 Å². The Morgan fingerprint density at radius 1 is 0.923 bits per heavy atom. The number of furan rings is 2. The summed E-state index contributed by atoms with van der Waals surface area (Å²) in [5.41, 5.74) is 7.54. The molecule has 2 aromatic heterocycles. The third-order valence-corrected chi connectivity index (χ3v) is 4.57. The lowest BCUT2D eigenvalue weighted by molar-refractivity contribution is -0.135. The van der Waals surface area contributed by atoms with Gasteiger partial charge in [-0.1, -0.05) is 30.3 Å². The van der Waals surface area contributed by atoms with Crippen molar-refractivity contribution in [2.45, 2.75) is 31.6 Å². The Hall–Kier alpha value is -2.83. The maximum absolute atomic E-state index is 13.1. The van der Waals surface area contributed by atoms with Gasteiger partial charge >= 0.3 is 0 Å². The lowest BCUT2D eigenvalue weighted by Crippen LogP contribution is -2.45. The largest absolute Gasteiger partial charge is 0.467 e. The number of hydrogen-bond donors (Lipinski definition) is 2. The quantitative estimate of drug-likeness (QED) is 0.714. The predicted molar refractivity (Wildman–Crippen MR) is 95.5 cm³/mol. The number of nitrogens with zero attached hydrogens (tertiary/aromatic N) is 1. The molecule has 0 radical (unpaired) electrons. The zero-order valence-corrected chi connectivity index (χ0v) is 14.3. The van der Waals surface area contributed by atoms with E-state index < -0.39 is 0 Å². The van der Waals surface area contributed by atoms with Gasteiger partial charge < -0.3 is 13.7 Å². The van der Waals surface area contributed by atoms with E-state index in [2.05, 4.69) is 23.0 Å². The Morgan fingerprint density at radius 2 is 1.58 bits per heavy atom. The highest BCUT2D eigenvalue weighted by Crippen LogP contribution is 2.24. The van der Waals surface area contributed by atoms with Crippen LogP contribution in [0.25, 0.3) is 0 Å². The lowest BCUT2D eigenvalue weighted by Gasteiger charge is -2.23. The SMILES string of the molecule is O=C(C1CC(c2ccccc2)NN1)N(Cc1ccco1)Cc1ccco1. The molecule has 2 N–H and O–H groups in total. The zero-order chi connectivity index (χ0) is 17.8. The van der Waals surface area contributed by atoms with Crippen LogP contribution in [0.3, 0.4) is 0 Å². The molecule has 0 aliphatic carbocycles. The number of carbonyl (C=O) groups excluding carboxylic acids is 1. The monoisotopic (exact) mass is 351 g/mol. The summed E-state index contributed by atoms with van der Waals surface area (Å²) in [7, 11) is 0. The van der Waals surface area contributed by atoms with Crippen molar-refractivity contribution in [3.63, 3.8) is 0 Å². The Labute approximate surface area is 151 Å². The molecule has 1 aliphatic heterocycles. The Morgan fingerprint density at radius 3 is 2.15 bits per heavy atom. The third kappa shape index (κ3) is 3.71. The molecule has 134 valence electrons. The van der Waals surface area contributed by atoms with E-state index in [0.29, 0.717) is 19.5 Å². The highest BCUT2D eigenvalue weighted by atomic mass is 16.3. The maximum atomic E-state index is 13.1.